The molecule has 0 amide bonds. The van der Waals surface area contributed by atoms with Gasteiger partial charge in [0.1, 0.15) is 0 Å². The van der Waals surface area contributed by atoms with E-state index in [9.17, 15) is 34.3 Å². The summed E-state index contributed by atoms with van der Waals surface area (Å²) >= 11 is -6.58. The molecule has 40 heavy (non-hydrogen) atoms. The molecule has 0 aliphatic carbocycles. The Bertz CT molecular complexity index is 862. The Hall–Kier alpha value is 2.81. The van der Waals surface area contributed by atoms with E-state index >= 15 is 0 Å². The standard InChI is InChI=1S/C18H39F2I4O13P3/c1-5-17(36-40(31,32)35-14-16(12-25)11-24(4)22-20)7-8-33-39(29,30)37-18(6-2)9-15(10-23(3)21-19)13-34-38(26,27)28/h6,15-18,25H,2,5,7-14H2,1,3-4H3,(H,29,30)(H,31,32)(H2,26,27,28)/q-2. The van der Waals surface area contributed by atoms with Gasteiger partial charge in [-0.15, -0.1) is 0 Å². The van der Waals surface area contributed by atoms with Gasteiger partial charge in [-0.3, -0.25) is 0 Å². The molecule has 0 heterocycles. The molecule has 6 atom stereocenters. The van der Waals surface area contributed by atoms with E-state index < -0.39 is 128 Å². The number of hydrogen-bond acceptors (Lipinski definition) is 9. The molecule has 0 aromatic rings. The van der Waals surface area contributed by atoms with Crippen molar-refractivity contribution in [2.75, 3.05) is 45.1 Å². The first-order valence-electron chi connectivity index (χ1n) is 11.4. The normalized spacial score (nSPS) is 19.4. The monoisotopic (exact) mass is 1100 g/mol. The summed E-state index contributed by atoms with van der Waals surface area (Å²) in [6, 6.07) is 0. The third-order valence-corrected chi connectivity index (χ3v) is 24.9. The summed E-state index contributed by atoms with van der Waals surface area (Å²) in [5.74, 6) is -1.02. The van der Waals surface area contributed by atoms with E-state index in [2.05, 4.69) is 11.1 Å². The van der Waals surface area contributed by atoms with Gasteiger partial charge in [-0.2, -0.15) is 0 Å². The summed E-state index contributed by atoms with van der Waals surface area (Å²) in [6.45, 7) is 3.80. The zero-order valence-corrected chi connectivity index (χ0v) is 33.4. The molecule has 6 unspecified atom stereocenters. The number of halogens is 6. The van der Waals surface area contributed by atoms with Gasteiger partial charge in [0.2, 0.25) is 0 Å². The Kier molecular flexibility index (Phi) is 23.9. The van der Waals surface area contributed by atoms with E-state index in [1.165, 1.54) is 6.08 Å². The summed E-state index contributed by atoms with van der Waals surface area (Å²) in [5.41, 5.74) is 0. The SMILES string of the molecule is C=CC(CC(COP(=O)(O)O)CI(C)[I-]F)OP(=O)(O)OCCC(CC)OP(=O)(O)OCC(CO)CI(C)[I-]F. The maximum absolute atomic E-state index is 13.2. The first-order chi connectivity index (χ1) is 18.5. The van der Waals surface area contributed by atoms with Crippen molar-refractivity contribution in [1.29, 1.82) is 0 Å². The topological polar surface area (TPSA) is 199 Å². The zero-order chi connectivity index (χ0) is 31.0. The minimum absolute atomic E-state index is 0.0157. The molecule has 0 radical (unpaired) electrons. The molecule has 0 aromatic carbocycles. The number of aliphatic hydroxyl groups is 1. The molecule has 0 aromatic heterocycles. The van der Waals surface area contributed by atoms with Crippen molar-refractivity contribution in [3.63, 3.8) is 0 Å². The van der Waals surface area contributed by atoms with Gasteiger partial charge in [-0.1, -0.05) is 0 Å². The number of aliphatic hydroxyl groups excluding tert-OH is 1. The van der Waals surface area contributed by atoms with Gasteiger partial charge < -0.3 is 0 Å². The van der Waals surface area contributed by atoms with Gasteiger partial charge in [-0.05, 0) is 0 Å². The summed E-state index contributed by atoms with van der Waals surface area (Å²) in [5, 5.41) is 9.41. The van der Waals surface area contributed by atoms with Crippen LogP contribution < -0.4 is 35.6 Å². The second-order valence-corrected chi connectivity index (χ2v) is 43.3. The van der Waals surface area contributed by atoms with Crippen LogP contribution in [0.4, 0.5) is 5.72 Å². The summed E-state index contributed by atoms with van der Waals surface area (Å²) in [6.07, 6.45) is -0.623. The van der Waals surface area contributed by atoms with E-state index in [0.29, 0.717) is 8.86 Å². The van der Waals surface area contributed by atoms with Gasteiger partial charge in [0.15, 0.2) is 0 Å². The second-order valence-electron chi connectivity index (χ2n) is 8.25. The molecule has 0 rings (SSSR count). The molecule has 13 nitrogen and oxygen atoms in total. The van der Waals surface area contributed by atoms with Crippen LogP contribution in [-0.4, -0.2) is 82.0 Å². The molecule has 0 saturated heterocycles. The van der Waals surface area contributed by atoms with Crippen LogP contribution in [0.15, 0.2) is 12.7 Å². The van der Waals surface area contributed by atoms with E-state index in [0.717, 1.165) is 0 Å². The number of hydrogen-bond donors (Lipinski definition) is 5. The molecule has 0 aliphatic heterocycles. The summed E-state index contributed by atoms with van der Waals surface area (Å²) in [4.78, 5) is 41.8. The summed E-state index contributed by atoms with van der Waals surface area (Å²) in [7, 11) is -14.0. The predicted molar refractivity (Wildman–Crippen MR) is 155 cm³/mol. The minimum atomic E-state index is -4.77. The van der Waals surface area contributed by atoms with Crippen molar-refractivity contribution in [3.8, 4) is 0 Å². The third kappa shape index (κ3) is 22.3. The molecular formula is C18H39F2I4O13P3-2. The Labute approximate surface area is 262 Å². The zero-order valence-electron chi connectivity index (χ0n) is 22.1. The van der Waals surface area contributed by atoms with Gasteiger partial charge in [-0.25, -0.2) is 0 Å². The van der Waals surface area contributed by atoms with Crippen molar-refractivity contribution in [2.24, 2.45) is 11.8 Å². The molecule has 0 spiro atoms. The van der Waals surface area contributed by atoms with Crippen LogP contribution in [0.3, 0.4) is 0 Å². The molecule has 0 fully saturated rings. The van der Waals surface area contributed by atoms with Crippen LogP contribution >= 0.6 is 55.2 Å². The molecule has 0 aliphatic rings. The molecule has 248 valence electrons. The second kappa shape index (κ2) is 22.4. The first kappa shape index (κ1) is 42.8. The summed E-state index contributed by atoms with van der Waals surface area (Å²) < 4.78 is 87.5. The van der Waals surface area contributed by atoms with Crippen LogP contribution in [0.2, 0.25) is 0 Å². The van der Waals surface area contributed by atoms with Gasteiger partial charge >= 0.3 is 266 Å². The van der Waals surface area contributed by atoms with Crippen LogP contribution in [0.25, 0.3) is 0 Å². The molecule has 0 saturated carbocycles. The Morgan fingerprint density at radius 3 is 1.90 bits per heavy atom. The maximum atomic E-state index is 13.2. The van der Waals surface area contributed by atoms with Gasteiger partial charge in [0, 0.05) is 0 Å². The average Bonchev–Trinajstić information content (AvgIpc) is 2.87. The Morgan fingerprint density at radius 1 is 0.900 bits per heavy atom. The van der Waals surface area contributed by atoms with Gasteiger partial charge in [0.25, 0.3) is 0 Å². The van der Waals surface area contributed by atoms with Crippen molar-refractivity contribution in [2.45, 2.75) is 38.4 Å². The number of phosphoric ester groups is 3. The van der Waals surface area contributed by atoms with Crippen molar-refractivity contribution in [3.05, 3.63) is 12.7 Å². The number of rotatable bonds is 25. The fraction of sp³-hybridized carbons (Fsp3) is 0.889. The number of phosphoric acid groups is 3. The molecular weight excluding hydrogens is 1060 g/mol. The molecule has 22 heteroatoms. The van der Waals surface area contributed by atoms with Crippen molar-refractivity contribution >= 4 is 55.2 Å². The molecule has 5 N–H and O–H groups in total. The van der Waals surface area contributed by atoms with Crippen LogP contribution in [0, 0.1) is 11.8 Å². The quantitative estimate of drug-likeness (QED) is 0.0315. The van der Waals surface area contributed by atoms with Crippen molar-refractivity contribution in [1.82, 2.24) is 0 Å². The fourth-order valence-corrected chi connectivity index (χ4v) is 18.2. The van der Waals surface area contributed by atoms with Crippen LogP contribution in [0.5, 0.6) is 0 Å². The average molecular weight is 1100 g/mol. The predicted octanol–water partition coefficient (Wildman–Crippen LogP) is -1.25. The van der Waals surface area contributed by atoms with E-state index in [4.69, 9.17) is 27.9 Å². The van der Waals surface area contributed by atoms with Crippen molar-refractivity contribution < 1.29 is 102 Å². The van der Waals surface area contributed by atoms with E-state index in [1.54, 1.807) is 11.9 Å². The Morgan fingerprint density at radius 2 is 1.43 bits per heavy atom. The third-order valence-electron chi connectivity index (χ3n) is 4.79. The van der Waals surface area contributed by atoms with Crippen LogP contribution in [0.1, 0.15) is 26.2 Å². The van der Waals surface area contributed by atoms with E-state index in [-0.39, 0.29) is 32.5 Å². The molecule has 0 bridgehead atoms. The van der Waals surface area contributed by atoms with Gasteiger partial charge in [0.05, 0.1) is 0 Å². The number of alkyl halides is 4. The van der Waals surface area contributed by atoms with Crippen LogP contribution in [-0.2, 0) is 36.3 Å². The Balaban J connectivity index is 4.93. The van der Waals surface area contributed by atoms with E-state index in [1.807, 2.05) is 4.93 Å². The fourth-order valence-electron chi connectivity index (χ4n) is 2.93. The first-order valence-corrected chi connectivity index (χ1v) is 37.5.